The van der Waals surface area contributed by atoms with Crippen LogP contribution in [0.25, 0.3) is 0 Å². The van der Waals surface area contributed by atoms with Crippen molar-refractivity contribution in [2.24, 2.45) is 0 Å². The Hall–Kier alpha value is -1.49. The molecule has 2 heterocycles. The van der Waals surface area contributed by atoms with Gasteiger partial charge in [-0.25, -0.2) is 9.97 Å². The van der Waals surface area contributed by atoms with Crippen LogP contribution in [0.15, 0.2) is 6.20 Å². The number of fused-ring (bicyclic) bond motifs is 1. The Morgan fingerprint density at radius 1 is 1.50 bits per heavy atom. The fourth-order valence-electron chi connectivity index (χ4n) is 1.28. The molecule has 1 aliphatic rings. The predicted molar refractivity (Wildman–Crippen MR) is 49.4 cm³/mol. The van der Waals surface area contributed by atoms with Crippen molar-refractivity contribution in [3.8, 4) is 0 Å². The van der Waals surface area contributed by atoms with Crippen molar-refractivity contribution in [1.29, 1.82) is 0 Å². The number of aromatic nitrogens is 2. The van der Waals surface area contributed by atoms with Crippen LogP contribution in [0.5, 0.6) is 0 Å². The number of Topliss-reactive ketones (excluding diaryl/α,β-unsaturated/α-hetero) is 1. The van der Waals surface area contributed by atoms with E-state index in [2.05, 4.69) is 9.97 Å². The molecule has 0 bridgehead atoms. The Kier molecular flexibility index (Phi) is 1.96. The lowest BCUT2D eigenvalue weighted by Gasteiger charge is -2.22. The van der Waals surface area contributed by atoms with Crippen LogP contribution in [0.2, 0.25) is 5.28 Å². The van der Waals surface area contributed by atoms with Crippen molar-refractivity contribution < 1.29 is 9.59 Å². The molecule has 14 heavy (non-hydrogen) atoms. The second kappa shape index (κ2) is 3.02. The van der Waals surface area contributed by atoms with Crippen LogP contribution in [0.1, 0.15) is 16.9 Å². The van der Waals surface area contributed by atoms with Crippen molar-refractivity contribution in [3.63, 3.8) is 0 Å². The van der Waals surface area contributed by atoms with Gasteiger partial charge in [0.15, 0.2) is 5.78 Å². The van der Waals surface area contributed by atoms with Crippen molar-refractivity contribution >= 4 is 29.0 Å². The summed E-state index contributed by atoms with van der Waals surface area (Å²) in [6, 6.07) is 0. The average Bonchev–Trinajstić information content (AvgIpc) is 2.14. The van der Waals surface area contributed by atoms with Gasteiger partial charge in [0.1, 0.15) is 5.69 Å². The molecule has 1 amide bonds. The molecule has 1 aromatic rings. The van der Waals surface area contributed by atoms with Gasteiger partial charge in [-0.3, -0.25) is 9.59 Å². The Morgan fingerprint density at radius 3 is 2.93 bits per heavy atom. The molecule has 0 aliphatic carbocycles. The number of rotatable bonds is 0. The smallest absolute Gasteiger partial charge is 0.234 e. The van der Waals surface area contributed by atoms with Gasteiger partial charge in [0.05, 0.1) is 18.3 Å². The first-order valence-electron chi connectivity index (χ1n) is 3.92. The van der Waals surface area contributed by atoms with E-state index in [0.29, 0.717) is 5.69 Å². The second-order valence-electron chi connectivity index (χ2n) is 2.93. The lowest BCUT2D eigenvalue weighted by atomic mass is 10.1. The van der Waals surface area contributed by atoms with E-state index < -0.39 is 0 Å². The largest absolute Gasteiger partial charge is 0.312 e. The third kappa shape index (κ3) is 1.26. The number of carbonyl (C=O) groups excluding carboxylic acids is 2. The number of halogens is 1. The second-order valence-corrected chi connectivity index (χ2v) is 3.26. The van der Waals surface area contributed by atoms with Crippen molar-refractivity contribution in [1.82, 2.24) is 9.97 Å². The van der Waals surface area contributed by atoms with E-state index in [1.807, 2.05) is 0 Å². The van der Waals surface area contributed by atoms with E-state index in [9.17, 15) is 9.59 Å². The fraction of sp³-hybridized carbons (Fsp3) is 0.250. The number of carbonyl (C=O) groups is 2. The summed E-state index contributed by atoms with van der Waals surface area (Å²) >= 11 is 5.55. The molecule has 1 aliphatic heterocycles. The molecular formula is C8H6ClN3O2. The maximum Gasteiger partial charge on any atom is 0.234 e. The Labute approximate surface area is 84.7 Å². The summed E-state index contributed by atoms with van der Waals surface area (Å²) in [6.45, 7) is 0. The van der Waals surface area contributed by atoms with Crippen LogP contribution >= 0.6 is 11.6 Å². The van der Waals surface area contributed by atoms with Crippen LogP contribution in [0.3, 0.4) is 0 Å². The first-order chi connectivity index (χ1) is 6.59. The number of anilines is 1. The highest BCUT2D eigenvalue weighted by Gasteiger charge is 2.29. The molecule has 0 unspecified atom stereocenters. The van der Waals surface area contributed by atoms with Gasteiger partial charge in [0, 0.05) is 7.05 Å². The van der Waals surface area contributed by atoms with Gasteiger partial charge in [-0.05, 0) is 11.6 Å². The van der Waals surface area contributed by atoms with Gasteiger partial charge in [0.2, 0.25) is 11.2 Å². The summed E-state index contributed by atoms with van der Waals surface area (Å²) in [5.74, 6) is -0.569. The summed E-state index contributed by atoms with van der Waals surface area (Å²) in [4.78, 5) is 31.5. The number of amides is 1. The van der Waals surface area contributed by atoms with E-state index in [1.54, 1.807) is 7.05 Å². The van der Waals surface area contributed by atoms with Gasteiger partial charge in [-0.15, -0.1) is 0 Å². The summed E-state index contributed by atoms with van der Waals surface area (Å²) in [5.41, 5.74) is 0.628. The minimum Gasteiger partial charge on any atom is -0.312 e. The van der Waals surface area contributed by atoms with Crippen LogP contribution in [0.4, 0.5) is 5.69 Å². The third-order valence-electron chi connectivity index (χ3n) is 2.05. The van der Waals surface area contributed by atoms with E-state index >= 15 is 0 Å². The molecule has 0 aromatic carbocycles. The molecule has 0 saturated heterocycles. The highest BCUT2D eigenvalue weighted by molar-refractivity contribution is 6.29. The molecular weight excluding hydrogens is 206 g/mol. The normalized spacial score (nSPS) is 15.7. The van der Waals surface area contributed by atoms with Gasteiger partial charge < -0.3 is 4.90 Å². The molecule has 0 radical (unpaired) electrons. The van der Waals surface area contributed by atoms with Crippen LogP contribution in [-0.2, 0) is 4.79 Å². The lowest BCUT2D eigenvalue weighted by Crippen LogP contribution is -2.35. The van der Waals surface area contributed by atoms with Gasteiger partial charge in [-0.1, -0.05) is 0 Å². The Balaban J connectivity index is 2.61. The first-order valence-corrected chi connectivity index (χ1v) is 4.29. The maximum atomic E-state index is 11.4. The van der Waals surface area contributed by atoms with E-state index in [0.717, 1.165) is 0 Å². The van der Waals surface area contributed by atoms with Crippen LogP contribution in [0, 0.1) is 0 Å². The topological polar surface area (TPSA) is 63.2 Å². The monoisotopic (exact) mass is 211 g/mol. The fourth-order valence-corrected chi connectivity index (χ4v) is 1.41. The number of ketones is 1. The highest BCUT2D eigenvalue weighted by atomic mass is 35.5. The predicted octanol–water partition coefficient (Wildman–Crippen LogP) is 0.679. The quantitative estimate of drug-likeness (QED) is 0.468. The zero-order valence-corrected chi connectivity index (χ0v) is 8.08. The molecule has 0 fully saturated rings. The van der Waals surface area contributed by atoms with Gasteiger partial charge in [-0.2, -0.15) is 0 Å². The average molecular weight is 212 g/mol. The minimum atomic E-state index is -0.313. The summed E-state index contributed by atoms with van der Waals surface area (Å²) in [6.07, 6.45) is 1.22. The van der Waals surface area contributed by atoms with Crippen molar-refractivity contribution in [3.05, 3.63) is 17.2 Å². The zero-order valence-electron chi connectivity index (χ0n) is 7.32. The highest BCUT2D eigenvalue weighted by Crippen LogP contribution is 2.24. The third-order valence-corrected chi connectivity index (χ3v) is 2.23. The van der Waals surface area contributed by atoms with Gasteiger partial charge >= 0.3 is 0 Å². The van der Waals surface area contributed by atoms with Crippen LogP contribution in [-0.4, -0.2) is 28.7 Å². The van der Waals surface area contributed by atoms with Crippen molar-refractivity contribution in [2.45, 2.75) is 6.42 Å². The Morgan fingerprint density at radius 2 is 2.21 bits per heavy atom. The molecule has 5 nitrogen and oxygen atoms in total. The lowest BCUT2D eigenvalue weighted by molar-refractivity contribution is -0.117. The number of hydrogen-bond donors (Lipinski definition) is 0. The number of nitrogens with zero attached hydrogens (tertiary/aromatic N) is 3. The number of hydrogen-bond acceptors (Lipinski definition) is 4. The summed E-state index contributed by atoms with van der Waals surface area (Å²) in [7, 11) is 1.57. The molecule has 1 aromatic heterocycles. The molecule has 2 rings (SSSR count). The summed E-state index contributed by atoms with van der Waals surface area (Å²) < 4.78 is 0. The minimum absolute atomic E-state index is 0.0137. The molecule has 0 N–H and O–H groups in total. The maximum absolute atomic E-state index is 11.4. The zero-order chi connectivity index (χ0) is 10.3. The molecule has 0 spiro atoms. The van der Waals surface area contributed by atoms with Crippen LogP contribution < -0.4 is 4.90 Å². The van der Waals surface area contributed by atoms with Crippen molar-refractivity contribution in [2.75, 3.05) is 11.9 Å². The molecule has 0 saturated carbocycles. The van der Waals surface area contributed by atoms with E-state index in [-0.39, 0.29) is 29.1 Å². The first kappa shape index (κ1) is 9.08. The van der Waals surface area contributed by atoms with Gasteiger partial charge in [0.25, 0.3) is 0 Å². The SMILES string of the molecule is CN1C(=O)CC(=O)c2nc(Cl)ncc21. The Bertz CT molecular complexity index is 433. The van der Waals surface area contributed by atoms with E-state index in [1.165, 1.54) is 11.1 Å². The standard InChI is InChI=1S/C8H6ClN3O2/c1-12-4-3-10-8(9)11-7(4)5(13)2-6(12)14/h3H,2H2,1H3. The summed E-state index contributed by atoms with van der Waals surface area (Å²) in [5, 5.41) is 0.0137. The molecule has 72 valence electrons. The molecule has 6 heteroatoms. The molecule has 0 atom stereocenters. The van der Waals surface area contributed by atoms with E-state index in [4.69, 9.17) is 11.6 Å².